The molecule has 2 unspecified atom stereocenters. The van der Waals surface area contributed by atoms with E-state index < -0.39 is 0 Å². The number of hydrogen-bond donors (Lipinski definition) is 1. The second kappa shape index (κ2) is 6.85. The van der Waals surface area contributed by atoms with Gasteiger partial charge in [-0.2, -0.15) is 0 Å². The Bertz CT molecular complexity index is 543. The van der Waals surface area contributed by atoms with Gasteiger partial charge in [0.05, 0.1) is 0 Å². The van der Waals surface area contributed by atoms with Crippen LogP contribution in [0.3, 0.4) is 0 Å². The SMILES string of the molecule is CCCNC(c1cncc2ccccc12)C(C)C(C)C. The highest BCUT2D eigenvalue weighted by Crippen LogP contribution is 2.31. The van der Waals surface area contributed by atoms with E-state index in [0.717, 1.165) is 13.0 Å². The fourth-order valence-corrected chi connectivity index (χ4v) is 2.65. The van der Waals surface area contributed by atoms with Crippen molar-refractivity contribution in [2.24, 2.45) is 11.8 Å². The lowest BCUT2D eigenvalue weighted by molar-refractivity contribution is 0.305. The third-order valence-electron chi connectivity index (χ3n) is 4.23. The Balaban J connectivity index is 2.44. The Kier molecular flexibility index (Phi) is 5.13. The summed E-state index contributed by atoms with van der Waals surface area (Å²) < 4.78 is 0. The molecule has 1 heterocycles. The molecule has 0 amide bonds. The van der Waals surface area contributed by atoms with E-state index in [1.807, 2.05) is 12.4 Å². The molecule has 0 aliphatic carbocycles. The van der Waals surface area contributed by atoms with Gasteiger partial charge in [-0.1, -0.05) is 52.0 Å². The summed E-state index contributed by atoms with van der Waals surface area (Å²) in [4.78, 5) is 4.44. The van der Waals surface area contributed by atoms with Crippen molar-refractivity contribution in [1.82, 2.24) is 10.3 Å². The summed E-state index contributed by atoms with van der Waals surface area (Å²) in [6.07, 6.45) is 5.14. The van der Waals surface area contributed by atoms with Gasteiger partial charge in [-0.3, -0.25) is 4.98 Å². The maximum atomic E-state index is 4.44. The molecule has 108 valence electrons. The minimum Gasteiger partial charge on any atom is -0.310 e. The Morgan fingerprint density at radius 3 is 2.55 bits per heavy atom. The standard InChI is InChI=1S/C18H26N2/c1-5-10-20-18(14(4)13(2)3)17-12-19-11-15-8-6-7-9-16(15)17/h6-9,11-14,18,20H,5,10H2,1-4H3. The first-order valence-electron chi connectivity index (χ1n) is 7.71. The predicted molar refractivity (Wildman–Crippen MR) is 86.8 cm³/mol. The molecule has 2 nitrogen and oxygen atoms in total. The van der Waals surface area contributed by atoms with Gasteiger partial charge in [-0.05, 0) is 35.8 Å². The topological polar surface area (TPSA) is 24.9 Å². The molecule has 0 aliphatic rings. The molecule has 0 spiro atoms. The van der Waals surface area contributed by atoms with Gasteiger partial charge in [-0.25, -0.2) is 0 Å². The van der Waals surface area contributed by atoms with E-state index in [9.17, 15) is 0 Å². The number of benzene rings is 1. The highest BCUT2D eigenvalue weighted by atomic mass is 14.9. The van der Waals surface area contributed by atoms with Crippen molar-refractivity contribution in [3.05, 3.63) is 42.2 Å². The van der Waals surface area contributed by atoms with E-state index in [1.54, 1.807) is 0 Å². The van der Waals surface area contributed by atoms with E-state index in [2.05, 4.69) is 62.3 Å². The summed E-state index contributed by atoms with van der Waals surface area (Å²) in [5.41, 5.74) is 1.33. The predicted octanol–water partition coefficient (Wildman–Crippen LogP) is 4.57. The van der Waals surface area contributed by atoms with Crippen molar-refractivity contribution < 1.29 is 0 Å². The summed E-state index contributed by atoms with van der Waals surface area (Å²) in [5.74, 6) is 1.22. The van der Waals surface area contributed by atoms with Crippen LogP contribution in [0, 0.1) is 11.8 Å². The number of nitrogens with one attached hydrogen (secondary N) is 1. The fraction of sp³-hybridized carbons (Fsp3) is 0.500. The number of nitrogens with zero attached hydrogens (tertiary/aromatic N) is 1. The van der Waals surface area contributed by atoms with Crippen LogP contribution in [-0.4, -0.2) is 11.5 Å². The fourth-order valence-electron chi connectivity index (χ4n) is 2.65. The molecular weight excluding hydrogens is 244 g/mol. The van der Waals surface area contributed by atoms with Crippen molar-refractivity contribution in [3.63, 3.8) is 0 Å². The van der Waals surface area contributed by atoms with Gasteiger partial charge in [0.25, 0.3) is 0 Å². The van der Waals surface area contributed by atoms with Gasteiger partial charge in [0, 0.05) is 23.8 Å². The lowest BCUT2D eigenvalue weighted by Crippen LogP contribution is -2.30. The normalized spacial score (nSPS) is 14.7. The van der Waals surface area contributed by atoms with Gasteiger partial charge < -0.3 is 5.32 Å². The minimum atomic E-state index is 0.369. The van der Waals surface area contributed by atoms with Gasteiger partial charge >= 0.3 is 0 Å². The van der Waals surface area contributed by atoms with Crippen LogP contribution in [0.2, 0.25) is 0 Å². The molecule has 2 rings (SSSR count). The molecule has 1 aromatic heterocycles. The van der Waals surface area contributed by atoms with Crippen LogP contribution in [0.25, 0.3) is 10.8 Å². The quantitative estimate of drug-likeness (QED) is 0.832. The van der Waals surface area contributed by atoms with E-state index in [0.29, 0.717) is 17.9 Å². The van der Waals surface area contributed by atoms with Crippen molar-refractivity contribution in [1.29, 1.82) is 0 Å². The molecule has 0 radical (unpaired) electrons. The van der Waals surface area contributed by atoms with E-state index >= 15 is 0 Å². The molecule has 0 aliphatic heterocycles. The first kappa shape index (κ1) is 15.0. The highest BCUT2D eigenvalue weighted by molar-refractivity contribution is 5.85. The maximum Gasteiger partial charge on any atom is 0.0369 e. The summed E-state index contributed by atoms with van der Waals surface area (Å²) in [7, 11) is 0. The average Bonchev–Trinajstić information content (AvgIpc) is 2.47. The molecule has 1 N–H and O–H groups in total. The minimum absolute atomic E-state index is 0.369. The van der Waals surface area contributed by atoms with Crippen molar-refractivity contribution >= 4 is 10.8 Å². The van der Waals surface area contributed by atoms with Crippen LogP contribution in [0.15, 0.2) is 36.7 Å². The number of pyridine rings is 1. The second-order valence-electron chi connectivity index (χ2n) is 5.98. The first-order valence-corrected chi connectivity index (χ1v) is 7.71. The molecule has 2 aromatic rings. The molecule has 2 heteroatoms. The lowest BCUT2D eigenvalue weighted by Gasteiger charge is -2.29. The van der Waals surface area contributed by atoms with Crippen LogP contribution in [0.1, 0.15) is 45.7 Å². The highest BCUT2D eigenvalue weighted by Gasteiger charge is 2.23. The molecule has 0 fully saturated rings. The first-order chi connectivity index (χ1) is 9.65. The average molecular weight is 270 g/mol. The lowest BCUT2D eigenvalue weighted by atomic mass is 9.85. The monoisotopic (exact) mass is 270 g/mol. The molecule has 2 atom stereocenters. The van der Waals surface area contributed by atoms with Gasteiger partial charge in [0.1, 0.15) is 0 Å². The summed E-state index contributed by atoms with van der Waals surface area (Å²) in [6, 6.07) is 8.91. The van der Waals surface area contributed by atoms with E-state index in [4.69, 9.17) is 0 Å². The van der Waals surface area contributed by atoms with Crippen LogP contribution < -0.4 is 5.32 Å². The molecule has 0 saturated carbocycles. The van der Waals surface area contributed by atoms with Gasteiger partial charge in [0.2, 0.25) is 0 Å². The zero-order valence-electron chi connectivity index (χ0n) is 13.1. The number of rotatable bonds is 6. The van der Waals surface area contributed by atoms with Crippen LogP contribution in [-0.2, 0) is 0 Å². The Morgan fingerprint density at radius 2 is 1.85 bits per heavy atom. The smallest absolute Gasteiger partial charge is 0.0369 e. The second-order valence-corrected chi connectivity index (χ2v) is 5.98. The molecular formula is C18H26N2. The number of fused-ring (bicyclic) bond motifs is 1. The Labute approximate surface area is 122 Å². The largest absolute Gasteiger partial charge is 0.310 e. The summed E-state index contributed by atoms with van der Waals surface area (Å²) in [5, 5.41) is 6.27. The van der Waals surface area contributed by atoms with Crippen LogP contribution >= 0.6 is 0 Å². The van der Waals surface area contributed by atoms with E-state index in [-0.39, 0.29) is 0 Å². The van der Waals surface area contributed by atoms with Crippen LogP contribution in [0.4, 0.5) is 0 Å². The number of hydrogen-bond acceptors (Lipinski definition) is 2. The van der Waals surface area contributed by atoms with Gasteiger partial charge in [0.15, 0.2) is 0 Å². The summed E-state index contributed by atoms with van der Waals surface area (Å²) >= 11 is 0. The third kappa shape index (κ3) is 3.18. The zero-order chi connectivity index (χ0) is 14.5. The molecule has 1 aromatic carbocycles. The van der Waals surface area contributed by atoms with Crippen LogP contribution in [0.5, 0.6) is 0 Å². The van der Waals surface area contributed by atoms with Crippen molar-refractivity contribution in [3.8, 4) is 0 Å². The molecule has 20 heavy (non-hydrogen) atoms. The van der Waals surface area contributed by atoms with E-state index in [1.165, 1.54) is 16.3 Å². The summed E-state index contributed by atoms with van der Waals surface area (Å²) in [6.45, 7) is 10.2. The zero-order valence-corrected chi connectivity index (χ0v) is 13.1. The van der Waals surface area contributed by atoms with Gasteiger partial charge in [-0.15, -0.1) is 0 Å². The third-order valence-corrected chi connectivity index (χ3v) is 4.23. The molecule has 0 bridgehead atoms. The van der Waals surface area contributed by atoms with Crippen molar-refractivity contribution in [2.75, 3.05) is 6.54 Å². The maximum absolute atomic E-state index is 4.44. The Morgan fingerprint density at radius 1 is 1.10 bits per heavy atom. The van der Waals surface area contributed by atoms with Crippen molar-refractivity contribution in [2.45, 2.75) is 40.2 Å². The Hall–Kier alpha value is -1.41. The molecule has 0 saturated heterocycles. The number of aromatic nitrogens is 1.